The molecule has 0 spiro atoms. The average molecular weight is 247 g/mol. The molecule has 0 bridgehead atoms. The zero-order valence-electron chi connectivity index (χ0n) is 9.64. The van der Waals surface area contributed by atoms with Gasteiger partial charge in [-0.2, -0.15) is 0 Å². The van der Waals surface area contributed by atoms with Gasteiger partial charge < -0.3 is 9.80 Å². The Morgan fingerprint density at radius 1 is 1.12 bits per heavy atom. The Balaban J connectivity index is 1.75. The molecule has 0 unspecified atom stereocenters. The van der Waals surface area contributed by atoms with Crippen LogP contribution in [0.25, 0.3) is 0 Å². The number of fused-ring (bicyclic) bond motifs is 1. The predicted octanol–water partition coefficient (Wildman–Crippen LogP) is 2.87. The summed E-state index contributed by atoms with van der Waals surface area (Å²) in [4.78, 5) is 4.84. The van der Waals surface area contributed by atoms with Gasteiger partial charge in [-0.05, 0) is 23.8 Å². The molecule has 1 saturated heterocycles. The molecule has 2 heterocycles. The van der Waals surface area contributed by atoms with Crippen LogP contribution in [0.3, 0.4) is 0 Å². The summed E-state index contributed by atoms with van der Waals surface area (Å²) in [5.41, 5.74) is 1.31. The molecule has 0 amide bonds. The second-order valence-corrected chi connectivity index (χ2v) is 4.88. The van der Waals surface area contributed by atoms with Crippen LogP contribution in [-0.4, -0.2) is 29.4 Å². The molecule has 0 aliphatic carbocycles. The number of nitrogens with zero attached hydrogens (tertiary/aromatic N) is 2. The third kappa shape index (κ3) is 2.18. The van der Waals surface area contributed by atoms with E-state index < -0.39 is 0 Å². The molecule has 1 aromatic carbocycles. The Labute approximate surface area is 107 Å². The molecule has 2 aliphatic rings. The normalized spacial score (nSPS) is 18.3. The maximum absolute atomic E-state index is 5.90. The van der Waals surface area contributed by atoms with E-state index in [0.29, 0.717) is 0 Å². The maximum Gasteiger partial charge on any atom is 0.105 e. The maximum atomic E-state index is 5.90. The highest BCUT2D eigenvalue weighted by Gasteiger charge is 2.24. The predicted molar refractivity (Wildman–Crippen MR) is 70.7 cm³/mol. The topological polar surface area (TPSA) is 6.48 Å². The highest BCUT2D eigenvalue weighted by molar-refractivity contribution is 6.30. The molecule has 1 fully saturated rings. The first-order valence-corrected chi connectivity index (χ1v) is 6.32. The quantitative estimate of drug-likeness (QED) is 0.792. The minimum absolute atomic E-state index is 0.802. The van der Waals surface area contributed by atoms with Crippen molar-refractivity contribution in [1.82, 2.24) is 9.80 Å². The third-order valence-corrected chi connectivity index (χ3v) is 3.53. The van der Waals surface area contributed by atoms with E-state index in [1.54, 1.807) is 0 Å². The van der Waals surface area contributed by atoms with Crippen LogP contribution in [0.4, 0.5) is 0 Å². The molecule has 0 radical (unpaired) electrons. The molecular weight excluding hydrogens is 232 g/mol. The third-order valence-electron chi connectivity index (χ3n) is 3.28. The standard InChI is InChI=1S/C14H15ClN2/c15-13-6-4-12(5-7-13)11-17-10-9-16-8-2-1-3-14(16)17/h1-7H,8-11H2. The van der Waals surface area contributed by atoms with Crippen LogP contribution in [0.15, 0.2) is 48.3 Å². The Kier molecular flexibility index (Phi) is 2.81. The van der Waals surface area contributed by atoms with Gasteiger partial charge >= 0.3 is 0 Å². The minimum atomic E-state index is 0.802. The molecule has 0 saturated carbocycles. The minimum Gasteiger partial charge on any atom is -0.353 e. The lowest BCUT2D eigenvalue weighted by Gasteiger charge is -2.25. The molecule has 17 heavy (non-hydrogen) atoms. The first-order chi connectivity index (χ1) is 8.33. The Morgan fingerprint density at radius 3 is 2.76 bits per heavy atom. The number of halogens is 1. The summed E-state index contributed by atoms with van der Waals surface area (Å²) in [6.45, 7) is 4.25. The van der Waals surface area contributed by atoms with Gasteiger partial charge in [-0.15, -0.1) is 0 Å². The summed E-state index contributed by atoms with van der Waals surface area (Å²) in [5, 5.41) is 0.802. The number of rotatable bonds is 2. The second-order valence-electron chi connectivity index (χ2n) is 4.45. The number of hydrogen-bond donors (Lipinski definition) is 0. The van der Waals surface area contributed by atoms with Gasteiger partial charge in [-0.25, -0.2) is 0 Å². The van der Waals surface area contributed by atoms with E-state index in [1.807, 2.05) is 12.1 Å². The van der Waals surface area contributed by atoms with E-state index in [-0.39, 0.29) is 0 Å². The Bertz CT molecular complexity index is 462. The zero-order chi connectivity index (χ0) is 11.7. The summed E-state index contributed by atoms with van der Waals surface area (Å²) in [6.07, 6.45) is 6.55. The number of hydrogen-bond acceptors (Lipinski definition) is 2. The first kappa shape index (κ1) is 10.7. The van der Waals surface area contributed by atoms with Crippen LogP contribution in [0.2, 0.25) is 5.02 Å². The number of benzene rings is 1. The highest BCUT2D eigenvalue weighted by atomic mass is 35.5. The monoisotopic (exact) mass is 246 g/mol. The van der Waals surface area contributed by atoms with Crippen molar-refractivity contribution in [2.75, 3.05) is 19.6 Å². The summed E-state index contributed by atoms with van der Waals surface area (Å²) < 4.78 is 0. The molecule has 3 rings (SSSR count). The van der Waals surface area contributed by atoms with Gasteiger partial charge in [0.25, 0.3) is 0 Å². The van der Waals surface area contributed by atoms with E-state index >= 15 is 0 Å². The van der Waals surface area contributed by atoms with Crippen molar-refractivity contribution >= 4 is 11.6 Å². The van der Waals surface area contributed by atoms with E-state index in [9.17, 15) is 0 Å². The average Bonchev–Trinajstić information content (AvgIpc) is 2.76. The fourth-order valence-corrected chi connectivity index (χ4v) is 2.50. The molecular formula is C14H15ClN2. The van der Waals surface area contributed by atoms with E-state index in [1.165, 1.54) is 11.4 Å². The fraction of sp³-hybridized carbons (Fsp3) is 0.286. The van der Waals surface area contributed by atoms with Gasteiger partial charge in [-0.1, -0.05) is 35.9 Å². The van der Waals surface area contributed by atoms with Crippen LogP contribution < -0.4 is 0 Å². The van der Waals surface area contributed by atoms with Crippen LogP contribution in [-0.2, 0) is 6.54 Å². The molecule has 0 aromatic heterocycles. The molecule has 1 aromatic rings. The van der Waals surface area contributed by atoms with Gasteiger partial charge in [-0.3, -0.25) is 0 Å². The van der Waals surface area contributed by atoms with Gasteiger partial charge in [0.2, 0.25) is 0 Å². The molecule has 2 nitrogen and oxygen atoms in total. The molecule has 3 heteroatoms. The lowest BCUT2D eigenvalue weighted by atomic mass is 10.2. The summed E-state index contributed by atoms with van der Waals surface area (Å²) >= 11 is 5.90. The summed E-state index contributed by atoms with van der Waals surface area (Å²) in [7, 11) is 0. The van der Waals surface area contributed by atoms with E-state index in [2.05, 4.69) is 40.2 Å². The SMILES string of the molecule is Clc1ccc(CN2CCN3CC=CC=C32)cc1. The lowest BCUT2D eigenvalue weighted by molar-refractivity contribution is 0.344. The largest absolute Gasteiger partial charge is 0.353 e. The Morgan fingerprint density at radius 2 is 1.94 bits per heavy atom. The fourth-order valence-electron chi connectivity index (χ4n) is 2.38. The van der Waals surface area contributed by atoms with Crippen LogP contribution in [0.1, 0.15) is 5.56 Å². The smallest absolute Gasteiger partial charge is 0.105 e. The van der Waals surface area contributed by atoms with Crippen LogP contribution in [0, 0.1) is 0 Å². The summed E-state index contributed by atoms with van der Waals surface area (Å²) in [5.74, 6) is 1.35. The molecule has 88 valence electrons. The highest BCUT2D eigenvalue weighted by Crippen LogP contribution is 2.23. The lowest BCUT2D eigenvalue weighted by Crippen LogP contribution is -2.24. The van der Waals surface area contributed by atoms with Crippen molar-refractivity contribution in [3.63, 3.8) is 0 Å². The van der Waals surface area contributed by atoms with Crippen LogP contribution in [0.5, 0.6) is 0 Å². The van der Waals surface area contributed by atoms with Gasteiger partial charge in [0.1, 0.15) is 5.82 Å². The van der Waals surface area contributed by atoms with Crippen molar-refractivity contribution in [1.29, 1.82) is 0 Å². The van der Waals surface area contributed by atoms with Gasteiger partial charge in [0.05, 0.1) is 0 Å². The molecule has 0 atom stereocenters. The van der Waals surface area contributed by atoms with Crippen molar-refractivity contribution in [2.24, 2.45) is 0 Å². The van der Waals surface area contributed by atoms with Crippen molar-refractivity contribution < 1.29 is 0 Å². The van der Waals surface area contributed by atoms with E-state index in [0.717, 1.165) is 31.2 Å². The van der Waals surface area contributed by atoms with E-state index in [4.69, 9.17) is 11.6 Å². The zero-order valence-corrected chi connectivity index (χ0v) is 10.4. The van der Waals surface area contributed by atoms with Gasteiger partial charge in [0.15, 0.2) is 0 Å². The Hall–Kier alpha value is -1.41. The number of allylic oxidation sites excluding steroid dienone is 2. The van der Waals surface area contributed by atoms with Crippen molar-refractivity contribution in [2.45, 2.75) is 6.54 Å². The van der Waals surface area contributed by atoms with Crippen molar-refractivity contribution in [3.05, 3.63) is 58.9 Å². The molecule has 2 aliphatic heterocycles. The van der Waals surface area contributed by atoms with Crippen LogP contribution >= 0.6 is 11.6 Å². The second kappa shape index (κ2) is 4.46. The van der Waals surface area contributed by atoms with Crippen molar-refractivity contribution in [3.8, 4) is 0 Å². The molecule has 0 N–H and O–H groups in total. The summed E-state index contributed by atoms with van der Waals surface area (Å²) in [6, 6.07) is 8.12. The van der Waals surface area contributed by atoms with Gasteiger partial charge in [0, 0.05) is 31.2 Å². The first-order valence-electron chi connectivity index (χ1n) is 5.94.